The van der Waals surface area contributed by atoms with Gasteiger partial charge in [-0.3, -0.25) is 4.90 Å². The molecule has 6 heteroatoms. The van der Waals surface area contributed by atoms with Crippen LogP contribution in [0.1, 0.15) is 32.8 Å². The molecule has 3 rings (SSSR count). The van der Waals surface area contributed by atoms with Gasteiger partial charge in [0.1, 0.15) is 5.60 Å². The van der Waals surface area contributed by atoms with E-state index in [1.54, 1.807) is 49.9 Å². The van der Waals surface area contributed by atoms with Crippen LogP contribution in [0.5, 0.6) is 0 Å². The molecular formula is C18H23NO4S. The van der Waals surface area contributed by atoms with Crippen LogP contribution in [0.15, 0.2) is 41.3 Å². The number of hydrogen-bond acceptors (Lipinski definition) is 4. The Hall–Kier alpha value is -1.82. The average Bonchev–Trinajstić information content (AvgIpc) is 3.04. The molecule has 130 valence electrons. The largest absolute Gasteiger partial charge is 0.444 e. The van der Waals surface area contributed by atoms with Gasteiger partial charge in [0.05, 0.1) is 22.2 Å². The van der Waals surface area contributed by atoms with E-state index in [1.807, 2.05) is 19.1 Å². The molecular weight excluding hydrogens is 326 g/mol. The highest BCUT2D eigenvalue weighted by atomic mass is 32.2. The Labute approximate surface area is 143 Å². The number of carbonyl (C=O) groups is 1. The van der Waals surface area contributed by atoms with Crippen LogP contribution in [0, 0.1) is 6.92 Å². The van der Waals surface area contributed by atoms with Crippen molar-refractivity contribution in [1.29, 1.82) is 0 Å². The van der Waals surface area contributed by atoms with Gasteiger partial charge in [0.2, 0.25) is 0 Å². The van der Waals surface area contributed by atoms with Gasteiger partial charge in [-0.1, -0.05) is 29.8 Å². The smallest absolute Gasteiger partial charge is 0.411 e. The third-order valence-corrected chi connectivity index (χ3v) is 6.61. The molecule has 2 heterocycles. The fourth-order valence-corrected chi connectivity index (χ4v) is 5.21. The molecule has 2 aliphatic rings. The third kappa shape index (κ3) is 2.95. The summed E-state index contributed by atoms with van der Waals surface area (Å²) >= 11 is 0. The number of nitrogens with zero attached hydrogens (tertiary/aromatic N) is 1. The van der Waals surface area contributed by atoms with Crippen LogP contribution in [0.4, 0.5) is 4.79 Å². The van der Waals surface area contributed by atoms with E-state index in [2.05, 4.69) is 0 Å². The van der Waals surface area contributed by atoms with Gasteiger partial charge < -0.3 is 4.74 Å². The van der Waals surface area contributed by atoms with Crippen LogP contribution < -0.4 is 0 Å². The Balaban J connectivity index is 1.86. The van der Waals surface area contributed by atoms with E-state index in [1.165, 1.54) is 0 Å². The number of amides is 1. The number of rotatable bonds is 2. The lowest BCUT2D eigenvalue weighted by Crippen LogP contribution is -2.43. The van der Waals surface area contributed by atoms with Gasteiger partial charge in [0.25, 0.3) is 0 Å². The highest BCUT2D eigenvalue weighted by Crippen LogP contribution is 2.39. The van der Waals surface area contributed by atoms with Crippen molar-refractivity contribution in [2.24, 2.45) is 0 Å². The minimum absolute atomic E-state index is 0.213. The Bertz CT molecular complexity index is 774. The maximum atomic E-state index is 13.0. The molecule has 5 nitrogen and oxygen atoms in total. The monoisotopic (exact) mass is 349 g/mol. The topological polar surface area (TPSA) is 63.7 Å². The minimum atomic E-state index is -3.50. The number of aryl methyl sites for hydroxylation is 1. The van der Waals surface area contributed by atoms with Gasteiger partial charge in [-0.15, -0.1) is 0 Å². The van der Waals surface area contributed by atoms with Crippen molar-refractivity contribution in [3.05, 3.63) is 42.0 Å². The van der Waals surface area contributed by atoms with Crippen molar-refractivity contribution in [1.82, 2.24) is 4.90 Å². The maximum Gasteiger partial charge on any atom is 0.411 e. The lowest BCUT2D eigenvalue weighted by atomic mass is 10.1. The molecule has 24 heavy (non-hydrogen) atoms. The zero-order valence-electron chi connectivity index (χ0n) is 14.4. The molecule has 2 aliphatic heterocycles. The van der Waals surface area contributed by atoms with Crippen LogP contribution in [-0.4, -0.2) is 42.3 Å². The fraction of sp³-hybridized carbons (Fsp3) is 0.500. The van der Waals surface area contributed by atoms with Gasteiger partial charge in [-0.25, -0.2) is 13.2 Å². The van der Waals surface area contributed by atoms with Crippen molar-refractivity contribution >= 4 is 15.9 Å². The number of carbonyl (C=O) groups excluding carboxylic acids is 1. The van der Waals surface area contributed by atoms with Gasteiger partial charge in [0, 0.05) is 0 Å². The Morgan fingerprint density at radius 2 is 1.79 bits per heavy atom. The van der Waals surface area contributed by atoms with Crippen LogP contribution in [0.25, 0.3) is 0 Å². The van der Waals surface area contributed by atoms with Gasteiger partial charge in [-0.05, 0) is 46.2 Å². The van der Waals surface area contributed by atoms with Crippen molar-refractivity contribution in [3.63, 3.8) is 0 Å². The second kappa shape index (κ2) is 5.62. The number of benzene rings is 1. The molecule has 1 aromatic carbocycles. The van der Waals surface area contributed by atoms with Crippen LogP contribution >= 0.6 is 0 Å². The Morgan fingerprint density at radius 1 is 1.17 bits per heavy atom. The first kappa shape index (κ1) is 17.0. The standard InChI is InChI=1S/C18H23NO4S/c1-12-5-8-14(9-6-12)24(21,22)16-11-13-7-10-15(16)19(13)17(20)23-18(2,3)4/h5-10,13,15-16H,11H2,1-4H3/t13-,15+,16+/m0/s1. The summed E-state index contributed by atoms with van der Waals surface area (Å²) in [7, 11) is -3.50. The summed E-state index contributed by atoms with van der Waals surface area (Å²) in [5, 5.41) is -0.622. The third-order valence-electron chi connectivity index (χ3n) is 4.42. The fourth-order valence-electron chi connectivity index (χ4n) is 3.31. The first-order chi connectivity index (χ1) is 11.1. The Kier molecular flexibility index (Phi) is 3.98. The van der Waals surface area contributed by atoms with Crippen LogP contribution in [-0.2, 0) is 14.6 Å². The molecule has 1 aromatic rings. The second-order valence-corrected chi connectivity index (χ2v) is 9.63. The molecule has 2 bridgehead atoms. The predicted molar refractivity (Wildman–Crippen MR) is 91.6 cm³/mol. The quantitative estimate of drug-likeness (QED) is 0.770. The highest BCUT2D eigenvalue weighted by Gasteiger charge is 2.52. The molecule has 1 saturated heterocycles. The zero-order chi connectivity index (χ0) is 17.7. The van der Waals surface area contributed by atoms with E-state index >= 15 is 0 Å². The lowest BCUT2D eigenvalue weighted by Gasteiger charge is -2.28. The molecule has 1 fully saturated rings. The normalized spacial score (nSPS) is 26.0. The molecule has 0 saturated carbocycles. The van der Waals surface area contributed by atoms with Crippen molar-refractivity contribution < 1.29 is 17.9 Å². The van der Waals surface area contributed by atoms with Gasteiger partial charge in [-0.2, -0.15) is 0 Å². The number of hydrogen-bond donors (Lipinski definition) is 0. The average molecular weight is 349 g/mol. The van der Waals surface area contributed by atoms with E-state index in [-0.39, 0.29) is 6.04 Å². The molecule has 0 aliphatic carbocycles. The summed E-state index contributed by atoms with van der Waals surface area (Å²) < 4.78 is 31.4. The number of fused-ring (bicyclic) bond motifs is 2. The second-order valence-electron chi connectivity index (χ2n) is 7.46. The lowest BCUT2D eigenvalue weighted by molar-refractivity contribution is 0.0233. The van der Waals surface area contributed by atoms with Crippen molar-refractivity contribution in [3.8, 4) is 0 Å². The SMILES string of the molecule is Cc1ccc(S(=O)(=O)[C@@H]2C[C@@H]3C=C[C@H]2N3C(=O)OC(C)(C)C)cc1. The summed E-state index contributed by atoms with van der Waals surface area (Å²) in [4.78, 5) is 14.3. The summed E-state index contributed by atoms with van der Waals surface area (Å²) in [6, 6.07) is 6.19. The van der Waals surface area contributed by atoms with Crippen LogP contribution in [0.2, 0.25) is 0 Å². The molecule has 0 unspecified atom stereocenters. The highest BCUT2D eigenvalue weighted by molar-refractivity contribution is 7.92. The summed E-state index contributed by atoms with van der Waals surface area (Å²) in [5.41, 5.74) is 0.405. The predicted octanol–water partition coefficient (Wildman–Crippen LogP) is 3.09. The first-order valence-electron chi connectivity index (χ1n) is 8.10. The molecule has 1 amide bonds. The molecule has 0 N–H and O–H groups in total. The minimum Gasteiger partial charge on any atom is -0.444 e. The number of ether oxygens (including phenoxy) is 1. The van der Waals surface area contributed by atoms with E-state index in [4.69, 9.17) is 4.74 Å². The maximum absolute atomic E-state index is 13.0. The molecule has 0 spiro atoms. The number of sulfone groups is 1. The van der Waals surface area contributed by atoms with Gasteiger partial charge in [0.15, 0.2) is 9.84 Å². The van der Waals surface area contributed by atoms with E-state index < -0.39 is 32.8 Å². The summed E-state index contributed by atoms with van der Waals surface area (Å²) in [6.45, 7) is 7.32. The Morgan fingerprint density at radius 3 is 2.38 bits per heavy atom. The van der Waals surface area contributed by atoms with Crippen molar-refractivity contribution in [2.45, 2.75) is 61.9 Å². The summed E-state index contributed by atoms with van der Waals surface area (Å²) in [5.74, 6) is 0. The molecule has 0 aromatic heterocycles. The van der Waals surface area contributed by atoms with Crippen LogP contribution in [0.3, 0.4) is 0 Å². The summed E-state index contributed by atoms with van der Waals surface area (Å²) in [6.07, 6.45) is 3.67. The molecule has 3 atom stereocenters. The van der Waals surface area contributed by atoms with Gasteiger partial charge >= 0.3 is 6.09 Å². The zero-order valence-corrected chi connectivity index (χ0v) is 15.2. The van der Waals surface area contributed by atoms with E-state index in [0.29, 0.717) is 11.3 Å². The first-order valence-corrected chi connectivity index (χ1v) is 9.64. The van der Waals surface area contributed by atoms with E-state index in [0.717, 1.165) is 5.56 Å². The van der Waals surface area contributed by atoms with Crippen molar-refractivity contribution in [2.75, 3.05) is 0 Å². The molecule has 0 radical (unpaired) electrons. The van der Waals surface area contributed by atoms with E-state index in [9.17, 15) is 13.2 Å².